The molecule has 1 aliphatic heterocycles. The van der Waals surface area contributed by atoms with Gasteiger partial charge in [-0.2, -0.15) is 8.78 Å². The van der Waals surface area contributed by atoms with E-state index in [1.165, 1.54) is 0 Å². The van der Waals surface area contributed by atoms with E-state index < -0.39 is 46.5 Å². The molecule has 0 aromatic heterocycles. The second-order valence-corrected chi connectivity index (χ2v) is 9.60. The molecule has 1 atom stereocenters. The maximum Gasteiger partial charge on any atom is 0.432 e. The third-order valence-corrected chi connectivity index (χ3v) is 7.20. The quantitative estimate of drug-likeness (QED) is 0.183. The molecule has 0 amide bonds. The SMILES string of the molecule is O=C1CC(C2CCC(c3ccc(-c4cc(F)c(C(F)(F)Oc5cc(F)c(F)c(F)c5)c(F)c4)cc3)CC2)O1. The number of esters is 1. The molecule has 0 bridgehead atoms. The van der Waals surface area contributed by atoms with E-state index in [0.29, 0.717) is 30.0 Å². The molecule has 1 aliphatic carbocycles. The van der Waals surface area contributed by atoms with Crippen LogP contribution in [-0.4, -0.2) is 12.1 Å². The Morgan fingerprint density at radius 1 is 0.763 bits per heavy atom. The summed E-state index contributed by atoms with van der Waals surface area (Å²) < 4.78 is 108. The smallest absolute Gasteiger partial charge is 0.432 e. The second-order valence-electron chi connectivity index (χ2n) is 9.60. The summed E-state index contributed by atoms with van der Waals surface area (Å²) in [4.78, 5) is 11.1. The van der Waals surface area contributed by atoms with Crippen molar-refractivity contribution in [3.63, 3.8) is 0 Å². The van der Waals surface area contributed by atoms with Crippen LogP contribution in [0.4, 0.5) is 30.7 Å². The number of hydrogen-bond acceptors (Lipinski definition) is 3. The van der Waals surface area contributed by atoms with E-state index in [0.717, 1.165) is 31.2 Å². The van der Waals surface area contributed by atoms with Gasteiger partial charge < -0.3 is 9.47 Å². The van der Waals surface area contributed by atoms with Crippen LogP contribution in [0.1, 0.15) is 49.1 Å². The van der Waals surface area contributed by atoms with E-state index in [1.54, 1.807) is 12.1 Å². The molecule has 2 fully saturated rings. The second kappa shape index (κ2) is 9.96. The number of benzene rings is 3. The lowest BCUT2D eigenvalue weighted by atomic mass is 9.75. The summed E-state index contributed by atoms with van der Waals surface area (Å²) in [7, 11) is 0. The third kappa shape index (κ3) is 5.08. The average molecular weight is 538 g/mol. The average Bonchev–Trinajstić information content (AvgIpc) is 2.84. The Bertz CT molecular complexity index is 1310. The molecule has 2 aliphatic rings. The minimum absolute atomic E-state index is 0.000443. The van der Waals surface area contributed by atoms with Crippen LogP contribution in [0.2, 0.25) is 0 Å². The first kappa shape index (κ1) is 26.1. The molecule has 200 valence electrons. The fraction of sp³-hybridized carbons (Fsp3) is 0.321. The third-order valence-electron chi connectivity index (χ3n) is 7.20. The van der Waals surface area contributed by atoms with Crippen LogP contribution in [0.15, 0.2) is 48.5 Å². The van der Waals surface area contributed by atoms with Gasteiger partial charge in [0.05, 0.1) is 6.42 Å². The number of hydrogen-bond donors (Lipinski definition) is 0. The van der Waals surface area contributed by atoms with Gasteiger partial charge in [-0.15, -0.1) is 0 Å². The highest BCUT2D eigenvalue weighted by Gasteiger charge is 2.42. The summed E-state index contributed by atoms with van der Waals surface area (Å²) in [5, 5.41) is 0. The van der Waals surface area contributed by atoms with Gasteiger partial charge in [-0.25, -0.2) is 22.0 Å². The molecule has 38 heavy (non-hydrogen) atoms. The molecular formula is C28H21F7O3. The lowest BCUT2D eigenvalue weighted by Gasteiger charge is -2.37. The van der Waals surface area contributed by atoms with Gasteiger partial charge >= 0.3 is 12.1 Å². The predicted octanol–water partition coefficient (Wildman–Crippen LogP) is 7.77. The van der Waals surface area contributed by atoms with Gasteiger partial charge in [0.15, 0.2) is 17.5 Å². The fourth-order valence-electron chi connectivity index (χ4n) is 5.17. The molecule has 3 nitrogen and oxygen atoms in total. The van der Waals surface area contributed by atoms with E-state index in [2.05, 4.69) is 4.74 Å². The molecule has 0 N–H and O–H groups in total. The largest absolute Gasteiger partial charge is 0.461 e. The molecular weight excluding hydrogens is 517 g/mol. The summed E-state index contributed by atoms with van der Waals surface area (Å²) in [6.45, 7) is 0. The molecule has 1 unspecified atom stereocenters. The number of ether oxygens (including phenoxy) is 2. The highest BCUT2D eigenvalue weighted by molar-refractivity contribution is 5.75. The summed E-state index contributed by atoms with van der Waals surface area (Å²) in [6.07, 6.45) is -0.499. The van der Waals surface area contributed by atoms with Gasteiger partial charge in [0.1, 0.15) is 29.1 Å². The fourth-order valence-corrected chi connectivity index (χ4v) is 5.17. The van der Waals surface area contributed by atoms with E-state index in [1.807, 2.05) is 12.1 Å². The number of carbonyl (C=O) groups is 1. The standard InChI is InChI=1S/C28H21F7O3/c29-20-9-18(10-21(30)26(20)28(34,35)38-19-11-22(31)27(33)23(32)12-19)16-3-1-14(2-4-16)15-5-7-17(8-6-15)24-13-25(36)37-24/h1-4,9-12,15,17,24H,5-8,13H2. The van der Waals surface area contributed by atoms with Crippen molar-refractivity contribution in [1.82, 2.24) is 0 Å². The lowest BCUT2D eigenvalue weighted by Crippen LogP contribution is -2.40. The zero-order valence-corrected chi connectivity index (χ0v) is 19.8. The molecule has 3 aromatic carbocycles. The Hall–Kier alpha value is -3.56. The van der Waals surface area contributed by atoms with Gasteiger partial charge in [0.2, 0.25) is 0 Å². The minimum atomic E-state index is -4.65. The molecule has 1 saturated heterocycles. The highest BCUT2D eigenvalue weighted by Crippen LogP contribution is 2.41. The zero-order valence-electron chi connectivity index (χ0n) is 19.8. The van der Waals surface area contributed by atoms with Gasteiger partial charge in [0.25, 0.3) is 0 Å². The number of alkyl halides is 2. The number of carbonyl (C=O) groups excluding carboxylic acids is 1. The van der Waals surface area contributed by atoms with Crippen LogP contribution in [0.5, 0.6) is 5.75 Å². The van der Waals surface area contributed by atoms with Crippen molar-refractivity contribution < 1.29 is 45.0 Å². The molecule has 1 saturated carbocycles. The van der Waals surface area contributed by atoms with Crippen molar-refractivity contribution in [3.8, 4) is 16.9 Å². The van der Waals surface area contributed by atoms with Gasteiger partial charge in [0, 0.05) is 12.1 Å². The molecule has 10 heteroatoms. The van der Waals surface area contributed by atoms with Crippen molar-refractivity contribution in [2.24, 2.45) is 5.92 Å². The Morgan fingerprint density at radius 3 is 1.84 bits per heavy atom. The topological polar surface area (TPSA) is 35.5 Å². The normalized spacial score (nSPS) is 21.6. The van der Waals surface area contributed by atoms with E-state index in [4.69, 9.17) is 4.74 Å². The molecule has 0 radical (unpaired) electrons. The summed E-state index contributed by atoms with van der Waals surface area (Å²) in [6, 6.07) is 8.64. The number of cyclic esters (lactones) is 1. The molecule has 5 rings (SSSR count). The monoisotopic (exact) mass is 538 g/mol. The highest BCUT2D eigenvalue weighted by atomic mass is 19.3. The van der Waals surface area contributed by atoms with Crippen molar-refractivity contribution in [3.05, 3.63) is 88.7 Å². The van der Waals surface area contributed by atoms with Crippen molar-refractivity contribution in [1.29, 1.82) is 0 Å². The van der Waals surface area contributed by atoms with Crippen molar-refractivity contribution >= 4 is 5.97 Å². The first-order valence-electron chi connectivity index (χ1n) is 12.0. The Morgan fingerprint density at radius 2 is 1.32 bits per heavy atom. The predicted molar refractivity (Wildman–Crippen MR) is 122 cm³/mol. The van der Waals surface area contributed by atoms with Gasteiger partial charge in [-0.1, -0.05) is 24.3 Å². The summed E-state index contributed by atoms with van der Waals surface area (Å²) in [5.74, 6) is -9.43. The first-order chi connectivity index (χ1) is 18.0. The van der Waals surface area contributed by atoms with Crippen LogP contribution in [0.25, 0.3) is 11.1 Å². The zero-order chi connectivity index (χ0) is 27.2. The van der Waals surface area contributed by atoms with Crippen LogP contribution < -0.4 is 4.74 Å². The van der Waals surface area contributed by atoms with Crippen LogP contribution in [0, 0.1) is 35.0 Å². The number of halogens is 7. The van der Waals surface area contributed by atoms with E-state index in [9.17, 15) is 35.5 Å². The molecule has 1 heterocycles. The van der Waals surface area contributed by atoms with Crippen LogP contribution in [0.3, 0.4) is 0 Å². The minimum Gasteiger partial charge on any atom is -0.461 e. The van der Waals surface area contributed by atoms with Crippen molar-refractivity contribution in [2.75, 3.05) is 0 Å². The Kier molecular flexibility index (Phi) is 6.83. The lowest BCUT2D eigenvalue weighted by molar-refractivity contribution is -0.189. The van der Waals surface area contributed by atoms with Gasteiger partial charge in [-0.05, 0) is 66.3 Å². The maximum absolute atomic E-state index is 14.7. The Balaban J connectivity index is 1.30. The van der Waals surface area contributed by atoms with Crippen LogP contribution >= 0.6 is 0 Å². The van der Waals surface area contributed by atoms with E-state index >= 15 is 0 Å². The summed E-state index contributed by atoms with van der Waals surface area (Å²) >= 11 is 0. The first-order valence-corrected chi connectivity index (χ1v) is 12.0. The van der Waals surface area contributed by atoms with Crippen molar-refractivity contribution in [2.45, 2.75) is 50.2 Å². The van der Waals surface area contributed by atoms with Crippen LogP contribution in [-0.2, 0) is 15.6 Å². The van der Waals surface area contributed by atoms with Gasteiger partial charge in [-0.3, -0.25) is 4.79 Å². The van der Waals surface area contributed by atoms with E-state index in [-0.39, 0.29) is 35.7 Å². The Labute approximate surface area is 213 Å². The molecule has 3 aromatic rings. The molecule has 0 spiro atoms. The summed E-state index contributed by atoms with van der Waals surface area (Å²) in [5.41, 5.74) is -0.327. The maximum atomic E-state index is 14.7. The number of rotatable bonds is 6.